The summed E-state index contributed by atoms with van der Waals surface area (Å²) in [6.07, 6.45) is 2.79. The number of imidazole rings is 1. The molecule has 41 heavy (non-hydrogen) atoms. The Bertz CT molecular complexity index is 2550. The first kappa shape index (κ1) is 21.4. The molecule has 4 heteroatoms. The number of pyridine rings is 2. The molecule has 9 aromatic rings. The molecule has 0 unspecified atom stereocenters. The van der Waals surface area contributed by atoms with Gasteiger partial charge in [-0.1, -0.05) is 48.5 Å². The fraction of sp³-hybridized carbons (Fsp3) is 0.0270. The second-order valence-corrected chi connectivity index (χ2v) is 11.1. The van der Waals surface area contributed by atoms with E-state index in [1.165, 1.54) is 60.5 Å². The topological polar surface area (TPSA) is 35.1 Å². The van der Waals surface area contributed by atoms with Crippen molar-refractivity contribution in [2.24, 2.45) is 0 Å². The van der Waals surface area contributed by atoms with Gasteiger partial charge in [-0.25, -0.2) is 9.97 Å². The highest BCUT2D eigenvalue weighted by Gasteiger charge is 2.25. The number of benzene rings is 5. The van der Waals surface area contributed by atoms with E-state index in [0.717, 1.165) is 34.1 Å². The zero-order chi connectivity index (χ0) is 26.7. The summed E-state index contributed by atoms with van der Waals surface area (Å²) in [7, 11) is 0. The van der Waals surface area contributed by atoms with Gasteiger partial charge in [0.05, 0.1) is 22.1 Å². The van der Waals surface area contributed by atoms with Crippen LogP contribution in [0.3, 0.4) is 0 Å². The number of aromatic nitrogens is 4. The lowest BCUT2D eigenvalue weighted by Crippen LogP contribution is -1.95. The first-order valence-electron chi connectivity index (χ1n) is 14.1. The van der Waals surface area contributed by atoms with E-state index in [4.69, 9.17) is 9.97 Å². The summed E-state index contributed by atoms with van der Waals surface area (Å²) in [4.78, 5) is 9.95. The van der Waals surface area contributed by atoms with Gasteiger partial charge in [0, 0.05) is 33.4 Å². The summed E-state index contributed by atoms with van der Waals surface area (Å²) in [5.74, 6) is 0. The molecule has 1 aliphatic rings. The van der Waals surface area contributed by atoms with Crippen LogP contribution in [0.15, 0.2) is 121 Å². The van der Waals surface area contributed by atoms with Crippen LogP contribution in [0.1, 0.15) is 11.1 Å². The first-order valence-corrected chi connectivity index (χ1v) is 14.1. The number of hydrogen-bond donors (Lipinski definition) is 0. The third-order valence-corrected chi connectivity index (χ3v) is 8.92. The summed E-state index contributed by atoms with van der Waals surface area (Å²) in [5, 5.41) is 6.12. The van der Waals surface area contributed by atoms with E-state index in [1.54, 1.807) is 0 Å². The Kier molecular flexibility index (Phi) is 3.95. The van der Waals surface area contributed by atoms with E-state index < -0.39 is 0 Å². The molecule has 1 aliphatic carbocycles. The molecule has 0 atom stereocenters. The van der Waals surface area contributed by atoms with Crippen molar-refractivity contribution in [3.8, 4) is 16.8 Å². The monoisotopic (exact) mass is 522 g/mol. The molecule has 10 rings (SSSR count). The van der Waals surface area contributed by atoms with Crippen LogP contribution >= 0.6 is 0 Å². The molecule has 5 aromatic carbocycles. The maximum atomic E-state index is 5.10. The van der Waals surface area contributed by atoms with Crippen molar-refractivity contribution in [3.63, 3.8) is 0 Å². The minimum Gasteiger partial charge on any atom is -0.309 e. The van der Waals surface area contributed by atoms with Crippen LogP contribution in [-0.2, 0) is 6.42 Å². The molecular formula is C37H22N4. The minimum atomic E-state index is 0.916. The molecule has 0 radical (unpaired) electrons. The zero-order valence-electron chi connectivity index (χ0n) is 22.0. The van der Waals surface area contributed by atoms with Crippen molar-refractivity contribution in [1.82, 2.24) is 18.9 Å². The molecular weight excluding hydrogens is 500 g/mol. The van der Waals surface area contributed by atoms with Crippen LogP contribution in [0.2, 0.25) is 0 Å². The maximum absolute atomic E-state index is 5.10. The molecule has 190 valence electrons. The second kappa shape index (κ2) is 7.58. The standard InChI is InChI=1S/C37H22N4/c1-2-9-24(10-3-1)40-33-14-6-4-11-25(33)30-18-22-17-23-19-31-29(20-27(23)28(22)21-35(30)40)26-12-8-16-38-36(26)41-34-15-7-5-13-32(34)39-37(31)41/h1-16,18-21H,17H2. The molecule has 0 saturated heterocycles. The van der Waals surface area contributed by atoms with Crippen molar-refractivity contribution in [2.75, 3.05) is 0 Å². The number of nitrogens with zero attached hydrogens (tertiary/aromatic N) is 4. The van der Waals surface area contributed by atoms with E-state index >= 15 is 0 Å². The van der Waals surface area contributed by atoms with E-state index in [2.05, 4.69) is 118 Å². The summed E-state index contributed by atoms with van der Waals surface area (Å²) in [5.41, 5.74) is 13.0. The quantitative estimate of drug-likeness (QED) is 0.202. The molecule has 0 N–H and O–H groups in total. The van der Waals surface area contributed by atoms with Crippen molar-refractivity contribution >= 4 is 60.3 Å². The number of fused-ring (bicyclic) bond motifs is 14. The van der Waals surface area contributed by atoms with Crippen LogP contribution in [0.25, 0.3) is 77.1 Å². The van der Waals surface area contributed by atoms with Crippen molar-refractivity contribution < 1.29 is 0 Å². The SMILES string of the molecule is c1ccc(-n2c3ccccc3c3cc4c(cc32)-c2cc3c5cccnc5n5c6ccccc6nc5c3cc2C4)cc1. The number of hydrogen-bond acceptors (Lipinski definition) is 2. The number of rotatable bonds is 1. The van der Waals surface area contributed by atoms with Crippen molar-refractivity contribution in [1.29, 1.82) is 0 Å². The van der Waals surface area contributed by atoms with Gasteiger partial charge in [-0.15, -0.1) is 0 Å². The lowest BCUT2D eigenvalue weighted by Gasteiger charge is -2.11. The van der Waals surface area contributed by atoms with Gasteiger partial charge in [-0.05, 0) is 101 Å². The Labute approximate surface area is 234 Å². The van der Waals surface area contributed by atoms with Crippen LogP contribution in [-0.4, -0.2) is 18.9 Å². The predicted molar refractivity (Wildman–Crippen MR) is 168 cm³/mol. The van der Waals surface area contributed by atoms with E-state index in [1.807, 2.05) is 12.3 Å². The predicted octanol–water partition coefficient (Wildman–Crippen LogP) is 8.86. The smallest absolute Gasteiger partial charge is 0.147 e. The van der Waals surface area contributed by atoms with E-state index in [-0.39, 0.29) is 0 Å². The third-order valence-electron chi connectivity index (χ3n) is 8.92. The molecule has 0 bridgehead atoms. The van der Waals surface area contributed by atoms with Crippen molar-refractivity contribution in [2.45, 2.75) is 6.42 Å². The molecule has 0 aliphatic heterocycles. The Hall–Kier alpha value is -5.48. The molecule has 0 fully saturated rings. The average molecular weight is 523 g/mol. The highest BCUT2D eigenvalue weighted by molar-refractivity contribution is 6.16. The average Bonchev–Trinajstić information content (AvgIpc) is 3.69. The Morgan fingerprint density at radius 2 is 1.24 bits per heavy atom. The van der Waals surface area contributed by atoms with Gasteiger partial charge in [0.15, 0.2) is 0 Å². The van der Waals surface area contributed by atoms with Gasteiger partial charge in [-0.3, -0.25) is 4.40 Å². The Morgan fingerprint density at radius 1 is 0.512 bits per heavy atom. The summed E-state index contributed by atoms with van der Waals surface area (Å²) in [6, 6.07) is 41.6. The summed E-state index contributed by atoms with van der Waals surface area (Å²) < 4.78 is 4.63. The van der Waals surface area contributed by atoms with Gasteiger partial charge in [0.25, 0.3) is 0 Å². The van der Waals surface area contributed by atoms with Crippen LogP contribution < -0.4 is 0 Å². The van der Waals surface area contributed by atoms with Gasteiger partial charge in [0.2, 0.25) is 0 Å². The fourth-order valence-electron chi connectivity index (χ4n) is 7.17. The van der Waals surface area contributed by atoms with E-state index in [9.17, 15) is 0 Å². The van der Waals surface area contributed by atoms with Crippen LogP contribution in [0.5, 0.6) is 0 Å². The van der Waals surface area contributed by atoms with Crippen molar-refractivity contribution in [3.05, 3.63) is 133 Å². The zero-order valence-corrected chi connectivity index (χ0v) is 22.0. The summed E-state index contributed by atoms with van der Waals surface area (Å²) in [6.45, 7) is 0. The Balaban J connectivity index is 1.31. The fourth-order valence-corrected chi connectivity index (χ4v) is 7.17. The normalized spacial score (nSPS) is 12.8. The second-order valence-electron chi connectivity index (χ2n) is 11.1. The molecule has 0 amide bonds. The molecule has 0 saturated carbocycles. The van der Waals surface area contributed by atoms with Crippen LogP contribution in [0, 0.1) is 0 Å². The first-order chi connectivity index (χ1) is 20.3. The van der Waals surface area contributed by atoms with Gasteiger partial charge < -0.3 is 4.57 Å². The lowest BCUT2D eigenvalue weighted by molar-refractivity contribution is 1.18. The lowest BCUT2D eigenvalue weighted by atomic mass is 9.98. The van der Waals surface area contributed by atoms with Gasteiger partial charge >= 0.3 is 0 Å². The Morgan fingerprint density at radius 3 is 2.15 bits per heavy atom. The highest BCUT2D eigenvalue weighted by atomic mass is 15.1. The molecule has 4 aromatic heterocycles. The largest absolute Gasteiger partial charge is 0.309 e. The number of para-hydroxylation sites is 4. The third kappa shape index (κ3) is 2.74. The van der Waals surface area contributed by atoms with Gasteiger partial charge in [-0.2, -0.15) is 0 Å². The molecule has 4 heterocycles. The van der Waals surface area contributed by atoms with Gasteiger partial charge in [0.1, 0.15) is 11.3 Å². The highest BCUT2D eigenvalue weighted by Crippen LogP contribution is 2.45. The van der Waals surface area contributed by atoms with Crippen LogP contribution in [0.4, 0.5) is 0 Å². The molecule has 0 spiro atoms. The van der Waals surface area contributed by atoms with E-state index in [0.29, 0.717) is 0 Å². The molecule has 4 nitrogen and oxygen atoms in total. The summed E-state index contributed by atoms with van der Waals surface area (Å²) >= 11 is 0. The maximum Gasteiger partial charge on any atom is 0.147 e. The minimum absolute atomic E-state index is 0.916.